The fourth-order valence-corrected chi connectivity index (χ4v) is 5.06. The summed E-state index contributed by atoms with van der Waals surface area (Å²) in [6.07, 6.45) is 1.85. The van der Waals surface area contributed by atoms with Crippen LogP contribution in [0.2, 0.25) is 0 Å². The molecule has 0 bridgehead atoms. The number of anilines is 1. The number of aromatic nitrogens is 2. The van der Waals surface area contributed by atoms with Crippen molar-refractivity contribution in [3.8, 4) is 5.75 Å². The Bertz CT molecular complexity index is 1020. The number of likely N-dealkylation sites (tertiary alicyclic amines) is 1. The number of ether oxygens (including phenoxy) is 1. The molecule has 2 aliphatic rings. The molecule has 0 unspecified atom stereocenters. The number of fused-ring (bicyclic) bond motifs is 1. The van der Waals surface area contributed by atoms with Crippen molar-refractivity contribution in [3.05, 3.63) is 45.4 Å². The van der Waals surface area contributed by atoms with Crippen LogP contribution >= 0.6 is 0 Å². The number of benzene rings is 1. The van der Waals surface area contributed by atoms with E-state index >= 15 is 0 Å². The van der Waals surface area contributed by atoms with E-state index in [4.69, 9.17) is 14.7 Å². The molecule has 3 heterocycles. The first-order valence-electron chi connectivity index (χ1n) is 11.5. The van der Waals surface area contributed by atoms with Gasteiger partial charge in [-0.2, -0.15) is 0 Å². The predicted molar refractivity (Wildman–Crippen MR) is 126 cm³/mol. The van der Waals surface area contributed by atoms with Gasteiger partial charge in [0.25, 0.3) is 0 Å². The highest BCUT2D eigenvalue weighted by Crippen LogP contribution is 2.33. The van der Waals surface area contributed by atoms with Crippen molar-refractivity contribution in [1.29, 1.82) is 0 Å². The van der Waals surface area contributed by atoms with Crippen molar-refractivity contribution < 1.29 is 9.53 Å². The second-order valence-corrected chi connectivity index (χ2v) is 9.14. The van der Waals surface area contributed by atoms with Crippen LogP contribution in [0.25, 0.3) is 0 Å². The van der Waals surface area contributed by atoms with E-state index in [-0.39, 0.29) is 5.91 Å². The fraction of sp³-hybridized carbons (Fsp3) is 0.560. The molecule has 1 N–H and O–H groups in total. The molecule has 0 aliphatic carbocycles. The number of hydrogen-bond acceptors (Lipinski definition) is 6. The molecule has 1 aromatic heterocycles. The van der Waals surface area contributed by atoms with Crippen LogP contribution in [0.4, 0.5) is 5.82 Å². The molecule has 0 saturated carbocycles. The third-order valence-electron chi connectivity index (χ3n) is 7.21. The molecule has 1 amide bonds. The molecule has 1 aromatic carbocycles. The van der Waals surface area contributed by atoms with Gasteiger partial charge in [-0.3, -0.25) is 9.69 Å². The maximum atomic E-state index is 11.8. The standard InChI is InChI=1S/C25H35N5O2/c1-15-11-23(32-6)17(3)16(2)20(15)13-29-9-7-19(12-29)24-27-22-8-10-30(18(4)31)14-21(22)25(26-5)28-24/h11,19H,7-10,12-14H2,1-6H3,(H,26,27,28)/t19-/m1/s1. The molecule has 0 radical (unpaired) electrons. The lowest BCUT2D eigenvalue weighted by Crippen LogP contribution is -2.35. The van der Waals surface area contributed by atoms with Gasteiger partial charge in [0.05, 0.1) is 19.3 Å². The smallest absolute Gasteiger partial charge is 0.219 e. The second kappa shape index (κ2) is 9.06. The minimum absolute atomic E-state index is 0.104. The molecular weight excluding hydrogens is 402 g/mol. The van der Waals surface area contributed by atoms with Crippen LogP contribution in [0.3, 0.4) is 0 Å². The van der Waals surface area contributed by atoms with Gasteiger partial charge in [0.1, 0.15) is 17.4 Å². The van der Waals surface area contributed by atoms with Crippen LogP contribution in [0.1, 0.15) is 58.6 Å². The van der Waals surface area contributed by atoms with E-state index < -0.39 is 0 Å². The lowest BCUT2D eigenvalue weighted by Gasteiger charge is -2.29. The second-order valence-electron chi connectivity index (χ2n) is 9.14. The Morgan fingerprint density at radius 3 is 2.69 bits per heavy atom. The zero-order valence-corrected chi connectivity index (χ0v) is 20.2. The highest BCUT2D eigenvalue weighted by molar-refractivity contribution is 5.74. The van der Waals surface area contributed by atoms with Gasteiger partial charge in [-0.1, -0.05) is 0 Å². The molecule has 7 heteroatoms. The Kier molecular flexibility index (Phi) is 6.38. The summed E-state index contributed by atoms with van der Waals surface area (Å²) in [5.41, 5.74) is 7.38. The number of nitrogens with one attached hydrogen (secondary N) is 1. The Morgan fingerprint density at radius 1 is 1.22 bits per heavy atom. The first-order valence-corrected chi connectivity index (χ1v) is 11.5. The monoisotopic (exact) mass is 437 g/mol. The van der Waals surface area contributed by atoms with E-state index in [1.165, 1.54) is 22.3 Å². The normalized spacial score (nSPS) is 18.6. The number of aryl methyl sites for hydroxylation is 1. The van der Waals surface area contributed by atoms with Crippen molar-refractivity contribution in [2.24, 2.45) is 0 Å². The molecule has 7 nitrogen and oxygen atoms in total. The largest absolute Gasteiger partial charge is 0.496 e. The van der Waals surface area contributed by atoms with Gasteiger partial charge in [-0.05, 0) is 62.1 Å². The number of methoxy groups -OCH3 is 1. The van der Waals surface area contributed by atoms with Crippen LogP contribution in [-0.4, -0.2) is 59.5 Å². The predicted octanol–water partition coefficient (Wildman–Crippen LogP) is 3.35. The minimum atomic E-state index is 0.104. The first-order chi connectivity index (χ1) is 15.3. The quantitative estimate of drug-likeness (QED) is 0.774. The Morgan fingerprint density at radius 2 is 2.00 bits per heavy atom. The van der Waals surface area contributed by atoms with Gasteiger partial charge in [-0.25, -0.2) is 9.97 Å². The maximum absolute atomic E-state index is 11.8. The third kappa shape index (κ3) is 4.18. The number of amides is 1. The van der Waals surface area contributed by atoms with Crippen molar-refractivity contribution in [3.63, 3.8) is 0 Å². The van der Waals surface area contributed by atoms with Crippen molar-refractivity contribution in [1.82, 2.24) is 19.8 Å². The summed E-state index contributed by atoms with van der Waals surface area (Å²) >= 11 is 0. The molecule has 4 rings (SSSR count). The molecule has 1 atom stereocenters. The molecule has 1 saturated heterocycles. The molecule has 2 aliphatic heterocycles. The third-order valence-corrected chi connectivity index (χ3v) is 7.21. The Labute approximate surface area is 191 Å². The average Bonchev–Trinajstić information content (AvgIpc) is 3.26. The van der Waals surface area contributed by atoms with Gasteiger partial charge < -0.3 is 15.0 Å². The zero-order chi connectivity index (χ0) is 23.0. The van der Waals surface area contributed by atoms with Crippen molar-refractivity contribution in [2.75, 3.05) is 39.1 Å². The molecule has 1 fully saturated rings. The number of carbonyl (C=O) groups excluding carboxylic acids is 1. The summed E-state index contributed by atoms with van der Waals surface area (Å²) < 4.78 is 5.54. The maximum Gasteiger partial charge on any atom is 0.219 e. The average molecular weight is 438 g/mol. The first kappa shape index (κ1) is 22.5. The van der Waals surface area contributed by atoms with Crippen molar-refractivity contribution in [2.45, 2.75) is 59.5 Å². The van der Waals surface area contributed by atoms with E-state index in [0.717, 1.165) is 67.7 Å². The van der Waals surface area contributed by atoms with E-state index in [1.54, 1.807) is 14.0 Å². The molecular formula is C25H35N5O2. The highest BCUT2D eigenvalue weighted by atomic mass is 16.5. The summed E-state index contributed by atoms with van der Waals surface area (Å²) in [5.74, 6) is 3.21. The van der Waals surface area contributed by atoms with Crippen LogP contribution < -0.4 is 10.1 Å². The van der Waals surface area contributed by atoms with Crippen LogP contribution in [0.5, 0.6) is 5.75 Å². The number of hydrogen-bond donors (Lipinski definition) is 1. The zero-order valence-electron chi connectivity index (χ0n) is 20.2. The Hall–Kier alpha value is -2.67. The fourth-order valence-electron chi connectivity index (χ4n) is 5.06. The summed E-state index contributed by atoms with van der Waals surface area (Å²) in [6, 6.07) is 2.15. The van der Waals surface area contributed by atoms with E-state index in [0.29, 0.717) is 12.5 Å². The molecule has 0 spiro atoms. The summed E-state index contributed by atoms with van der Waals surface area (Å²) in [7, 11) is 3.64. The van der Waals surface area contributed by atoms with E-state index in [1.807, 2.05) is 11.9 Å². The highest BCUT2D eigenvalue weighted by Gasteiger charge is 2.30. The van der Waals surface area contributed by atoms with Crippen molar-refractivity contribution >= 4 is 11.7 Å². The summed E-state index contributed by atoms with van der Waals surface area (Å²) in [5, 5.41) is 3.25. The number of nitrogens with zero attached hydrogens (tertiary/aromatic N) is 4. The summed E-state index contributed by atoms with van der Waals surface area (Å²) in [6.45, 7) is 12.4. The molecule has 172 valence electrons. The van der Waals surface area contributed by atoms with Crippen LogP contribution in [0.15, 0.2) is 6.07 Å². The SMILES string of the molecule is CNc1nc([C@@H]2CCN(Cc3c(C)cc(OC)c(C)c3C)C2)nc2c1CN(C(C)=O)CC2. The van der Waals surface area contributed by atoms with Gasteiger partial charge in [0.2, 0.25) is 5.91 Å². The molecule has 2 aromatic rings. The lowest BCUT2D eigenvalue weighted by atomic mass is 9.97. The Balaban J connectivity index is 1.52. The van der Waals surface area contributed by atoms with E-state index in [9.17, 15) is 4.79 Å². The topological polar surface area (TPSA) is 70.6 Å². The summed E-state index contributed by atoms with van der Waals surface area (Å²) in [4.78, 5) is 26.1. The van der Waals surface area contributed by atoms with E-state index in [2.05, 4.69) is 37.1 Å². The van der Waals surface area contributed by atoms with Crippen LogP contribution in [0, 0.1) is 20.8 Å². The lowest BCUT2D eigenvalue weighted by molar-refractivity contribution is -0.129. The van der Waals surface area contributed by atoms with Gasteiger partial charge >= 0.3 is 0 Å². The number of rotatable bonds is 5. The number of carbonyl (C=O) groups is 1. The van der Waals surface area contributed by atoms with Gasteiger partial charge in [0.15, 0.2) is 0 Å². The van der Waals surface area contributed by atoms with Crippen LogP contribution in [-0.2, 0) is 24.3 Å². The molecule has 32 heavy (non-hydrogen) atoms. The minimum Gasteiger partial charge on any atom is -0.496 e. The van der Waals surface area contributed by atoms with Gasteiger partial charge in [-0.15, -0.1) is 0 Å². The van der Waals surface area contributed by atoms with Gasteiger partial charge in [0, 0.05) is 51.5 Å².